The van der Waals surface area contributed by atoms with Crippen LogP contribution in [0.25, 0.3) is 0 Å². The van der Waals surface area contributed by atoms with Crippen LogP contribution in [0.1, 0.15) is 12.0 Å². The number of rotatable bonds is 1. The minimum Gasteiger partial charge on any atom is -0.395 e. The van der Waals surface area contributed by atoms with Crippen molar-refractivity contribution < 1.29 is 4.84 Å². The first-order valence-corrected chi connectivity index (χ1v) is 4.05. The summed E-state index contributed by atoms with van der Waals surface area (Å²) < 4.78 is 0. The van der Waals surface area contributed by atoms with E-state index in [0.29, 0.717) is 11.8 Å². The molecular weight excluding hydrogens is 176 g/mol. The predicted molar refractivity (Wildman–Crippen MR) is 46.4 cm³/mol. The molecule has 2 heterocycles. The molecule has 3 nitrogen and oxygen atoms in total. The summed E-state index contributed by atoms with van der Waals surface area (Å²) in [4.78, 5) is 8.82. The third-order valence-electron chi connectivity index (χ3n) is 1.67. The van der Waals surface area contributed by atoms with Gasteiger partial charge in [-0.25, -0.2) is 4.98 Å². The molecule has 0 bridgehead atoms. The summed E-state index contributed by atoms with van der Waals surface area (Å²) in [6.45, 7) is 0.665. The van der Waals surface area contributed by atoms with Gasteiger partial charge in [0.25, 0.3) is 0 Å². The Hall–Kier alpha value is -1.09. The highest BCUT2D eigenvalue weighted by Gasteiger charge is 2.10. The molecule has 0 N–H and O–H groups in total. The van der Waals surface area contributed by atoms with Crippen LogP contribution >= 0.6 is 11.6 Å². The SMILES string of the molecule is Clc1ccc(C2=NOCC2)cn1. The van der Waals surface area contributed by atoms with Crippen molar-refractivity contribution in [2.45, 2.75) is 6.42 Å². The van der Waals surface area contributed by atoms with Gasteiger partial charge < -0.3 is 4.84 Å². The molecule has 2 rings (SSSR count). The second kappa shape index (κ2) is 3.11. The van der Waals surface area contributed by atoms with Crippen LogP contribution in [0, 0.1) is 0 Å². The molecule has 1 aromatic heterocycles. The molecule has 0 atom stereocenters. The third kappa shape index (κ3) is 1.41. The number of nitrogens with zero attached hydrogens (tertiary/aromatic N) is 2. The lowest BCUT2D eigenvalue weighted by atomic mass is 10.1. The van der Waals surface area contributed by atoms with Crippen LogP contribution in [0.4, 0.5) is 0 Å². The Bertz CT molecular complexity index is 307. The normalized spacial score (nSPS) is 15.6. The zero-order valence-electron chi connectivity index (χ0n) is 6.33. The van der Waals surface area contributed by atoms with Crippen molar-refractivity contribution >= 4 is 17.3 Å². The first-order chi connectivity index (χ1) is 5.86. The van der Waals surface area contributed by atoms with Gasteiger partial charge in [-0.3, -0.25) is 0 Å². The summed E-state index contributed by atoms with van der Waals surface area (Å²) in [5.41, 5.74) is 1.93. The second-order valence-electron chi connectivity index (χ2n) is 2.49. The fraction of sp³-hybridized carbons (Fsp3) is 0.250. The number of hydrogen-bond donors (Lipinski definition) is 0. The first-order valence-electron chi connectivity index (χ1n) is 3.67. The summed E-state index contributed by atoms with van der Waals surface area (Å²) >= 11 is 5.64. The molecule has 0 spiro atoms. The summed E-state index contributed by atoms with van der Waals surface area (Å²) in [6.07, 6.45) is 2.55. The minimum atomic E-state index is 0.498. The van der Waals surface area contributed by atoms with E-state index in [9.17, 15) is 0 Å². The van der Waals surface area contributed by atoms with E-state index >= 15 is 0 Å². The van der Waals surface area contributed by atoms with E-state index in [-0.39, 0.29) is 0 Å². The molecule has 4 heteroatoms. The Morgan fingerprint density at radius 1 is 1.42 bits per heavy atom. The van der Waals surface area contributed by atoms with Crippen molar-refractivity contribution in [2.24, 2.45) is 5.16 Å². The Labute approximate surface area is 75.0 Å². The molecule has 0 unspecified atom stereocenters. The standard InChI is InChI=1S/C8H7ClN2O/c9-8-2-1-6(5-10-8)7-3-4-12-11-7/h1-2,5H,3-4H2. The Morgan fingerprint density at radius 2 is 2.33 bits per heavy atom. The second-order valence-corrected chi connectivity index (χ2v) is 2.88. The molecule has 12 heavy (non-hydrogen) atoms. The van der Waals surface area contributed by atoms with E-state index < -0.39 is 0 Å². The molecule has 0 aromatic carbocycles. The number of pyridine rings is 1. The quantitative estimate of drug-likeness (QED) is 0.622. The van der Waals surface area contributed by atoms with Gasteiger partial charge in [-0.1, -0.05) is 16.8 Å². The minimum absolute atomic E-state index is 0.498. The first kappa shape index (κ1) is 7.55. The molecule has 0 aliphatic carbocycles. The van der Waals surface area contributed by atoms with E-state index in [4.69, 9.17) is 16.4 Å². The van der Waals surface area contributed by atoms with Gasteiger partial charge in [0.2, 0.25) is 0 Å². The van der Waals surface area contributed by atoms with Gasteiger partial charge in [0.05, 0.1) is 5.71 Å². The topological polar surface area (TPSA) is 34.5 Å². The van der Waals surface area contributed by atoms with Crippen LogP contribution < -0.4 is 0 Å². The van der Waals surface area contributed by atoms with Gasteiger partial charge in [-0.2, -0.15) is 0 Å². The molecule has 0 amide bonds. The van der Waals surface area contributed by atoms with E-state index in [1.165, 1.54) is 0 Å². The van der Waals surface area contributed by atoms with Gasteiger partial charge in [-0.15, -0.1) is 0 Å². The maximum absolute atomic E-state index is 5.64. The van der Waals surface area contributed by atoms with Gasteiger partial charge in [0, 0.05) is 18.2 Å². The number of aromatic nitrogens is 1. The van der Waals surface area contributed by atoms with Gasteiger partial charge in [0.1, 0.15) is 11.8 Å². The molecular formula is C8H7ClN2O. The average Bonchev–Trinajstić information content (AvgIpc) is 2.58. The molecule has 1 aliphatic heterocycles. The molecule has 0 radical (unpaired) electrons. The molecule has 1 aromatic rings. The molecule has 0 saturated carbocycles. The van der Waals surface area contributed by atoms with Crippen molar-refractivity contribution in [1.82, 2.24) is 4.98 Å². The van der Waals surface area contributed by atoms with E-state index in [1.54, 1.807) is 12.3 Å². The van der Waals surface area contributed by atoms with Crippen LogP contribution in [0.3, 0.4) is 0 Å². The molecule has 62 valence electrons. The van der Waals surface area contributed by atoms with Crippen molar-refractivity contribution in [1.29, 1.82) is 0 Å². The highest BCUT2D eigenvalue weighted by Crippen LogP contribution is 2.11. The van der Waals surface area contributed by atoms with Crippen LogP contribution in [-0.4, -0.2) is 17.3 Å². The molecule has 0 fully saturated rings. The van der Waals surface area contributed by atoms with Crippen molar-refractivity contribution in [2.75, 3.05) is 6.61 Å². The van der Waals surface area contributed by atoms with Crippen LogP contribution in [0.5, 0.6) is 0 Å². The lowest BCUT2D eigenvalue weighted by molar-refractivity contribution is 0.174. The maximum Gasteiger partial charge on any atom is 0.129 e. The average molecular weight is 183 g/mol. The van der Waals surface area contributed by atoms with Crippen LogP contribution in [0.2, 0.25) is 5.15 Å². The van der Waals surface area contributed by atoms with E-state index in [0.717, 1.165) is 17.7 Å². The highest BCUT2D eigenvalue weighted by atomic mass is 35.5. The summed E-state index contributed by atoms with van der Waals surface area (Å²) in [5.74, 6) is 0. The zero-order valence-corrected chi connectivity index (χ0v) is 7.08. The number of halogens is 1. The lowest BCUT2D eigenvalue weighted by Gasteiger charge is -1.95. The summed E-state index contributed by atoms with van der Waals surface area (Å²) in [6, 6.07) is 3.64. The van der Waals surface area contributed by atoms with Crippen molar-refractivity contribution in [3.63, 3.8) is 0 Å². The molecule has 0 saturated heterocycles. The fourth-order valence-electron chi connectivity index (χ4n) is 1.06. The summed E-state index contributed by atoms with van der Waals surface area (Å²) in [5, 5.41) is 4.37. The van der Waals surface area contributed by atoms with Gasteiger partial charge in [-0.05, 0) is 12.1 Å². The monoisotopic (exact) mass is 182 g/mol. The lowest BCUT2D eigenvalue weighted by Crippen LogP contribution is -1.97. The van der Waals surface area contributed by atoms with E-state index in [1.807, 2.05) is 6.07 Å². The Balaban J connectivity index is 2.28. The van der Waals surface area contributed by atoms with Crippen LogP contribution in [0.15, 0.2) is 23.5 Å². The van der Waals surface area contributed by atoms with Crippen LogP contribution in [-0.2, 0) is 4.84 Å². The summed E-state index contributed by atoms with van der Waals surface area (Å²) in [7, 11) is 0. The van der Waals surface area contributed by atoms with Crippen molar-refractivity contribution in [3.8, 4) is 0 Å². The smallest absolute Gasteiger partial charge is 0.129 e. The Morgan fingerprint density at radius 3 is 2.92 bits per heavy atom. The van der Waals surface area contributed by atoms with Crippen molar-refractivity contribution in [3.05, 3.63) is 29.0 Å². The largest absolute Gasteiger partial charge is 0.395 e. The Kier molecular flexibility index (Phi) is 1.96. The number of hydrogen-bond acceptors (Lipinski definition) is 3. The fourth-order valence-corrected chi connectivity index (χ4v) is 1.17. The highest BCUT2D eigenvalue weighted by molar-refractivity contribution is 6.29. The maximum atomic E-state index is 5.64. The number of oxime groups is 1. The van der Waals surface area contributed by atoms with Gasteiger partial charge >= 0.3 is 0 Å². The zero-order chi connectivity index (χ0) is 8.39. The third-order valence-corrected chi connectivity index (χ3v) is 1.89. The molecule has 1 aliphatic rings. The predicted octanol–water partition coefficient (Wildman–Crippen LogP) is 1.86. The van der Waals surface area contributed by atoms with E-state index in [2.05, 4.69) is 10.1 Å². The van der Waals surface area contributed by atoms with Gasteiger partial charge in [0.15, 0.2) is 0 Å².